The van der Waals surface area contributed by atoms with E-state index in [1.54, 1.807) is 47.6 Å². The van der Waals surface area contributed by atoms with E-state index in [4.69, 9.17) is 4.42 Å². The van der Waals surface area contributed by atoms with E-state index in [1.807, 2.05) is 31.2 Å². The van der Waals surface area contributed by atoms with Crippen LogP contribution < -0.4 is 10.6 Å². The molecule has 1 unspecified atom stereocenters. The number of anilines is 2. The third-order valence-corrected chi connectivity index (χ3v) is 5.22. The summed E-state index contributed by atoms with van der Waals surface area (Å²) in [6.07, 6.45) is 1.68. The number of amides is 3. The summed E-state index contributed by atoms with van der Waals surface area (Å²) in [7, 11) is 0. The molecule has 1 fully saturated rings. The number of hydrogen-bond donors (Lipinski definition) is 2. The third-order valence-electron chi connectivity index (χ3n) is 5.22. The largest absolute Gasteiger partial charge is 0.467 e. The molecule has 2 heterocycles. The number of benzene rings is 2. The van der Waals surface area contributed by atoms with Crippen molar-refractivity contribution in [2.45, 2.75) is 19.9 Å². The number of nitrogens with one attached hydrogen (secondary N) is 2. The van der Waals surface area contributed by atoms with E-state index >= 15 is 0 Å². The van der Waals surface area contributed by atoms with Crippen LogP contribution in [-0.4, -0.2) is 29.2 Å². The van der Waals surface area contributed by atoms with E-state index in [9.17, 15) is 14.4 Å². The summed E-state index contributed by atoms with van der Waals surface area (Å²) in [5.41, 5.74) is 2.48. The zero-order valence-electron chi connectivity index (χ0n) is 17.1. The lowest BCUT2D eigenvalue weighted by atomic mass is 10.1. The number of carbonyl (C=O) groups excluding carboxylic acids is 3. The average Bonchev–Trinajstić information content (AvgIpc) is 3.39. The van der Waals surface area contributed by atoms with E-state index in [-0.39, 0.29) is 24.1 Å². The van der Waals surface area contributed by atoms with Gasteiger partial charge in [-0.05, 0) is 48.9 Å². The molecule has 0 aliphatic carbocycles. The van der Waals surface area contributed by atoms with Gasteiger partial charge in [-0.15, -0.1) is 0 Å². The molecule has 158 valence electrons. The minimum atomic E-state index is -0.490. The second kappa shape index (κ2) is 8.87. The van der Waals surface area contributed by atoms with Crippen LogP contribution in [0.15, 0.2) is 71.3 Å². The Morgan fingerprint density at radius 1 is 1.06 bits per heavy atom. The standard InChI is InChI=1S/C24H23N3O4/c1-16-6-4-7-18(12-16)25-24(30)20-9-2-3-10-21(20)26-23(29)17-13-22(28)27(14-17)15-19-8-5-11-31-19/h2-12,17H,13-15H2,1H3,(H,25,30)(H,26,29). The molecule has 3 amide bonds. The highest BCUT2D eigenvalue weighted by atomic mass is 16.3. The van der Waals surface area contributed by atoms with Crippen LogP contribution in [0.5, 0.6) is 0 Å². The van der Waals surface area contributed by atoms with Crippen molar-refractivity contribution in [1.82, 2.24) is 4.90 Å². The van der Waals surface area contributed by atoms with E-state index in [2.05, 4.69) is 10.6 Å². The molecule has 31 heavy (non-hydrogen) atoms. The molecule has 0 spiro atoms. The molecular weight excluding hydrogens is 394 g/mol. The Morgan fingerprint density at radius 2 is 1.90 bits per heavy atom. The molecule has 1 aliphatic heterocycles. The molecule has 1 atom stereocenters. The minimum Gasteiger partial charge on any atom is -0.467 e. The summed E-state index contributed by atoms with van der Waals surface area (Å²) >= 11 is 0. The summed E-state index contributed by atoms with van der Waals surface area (Å²) < 4.78 is 5.29. The minimum absolute atomic E-state index is 0.0953. The zero-order valence-corrected chi connectivity index (χ0v) is 17.1. The van der Waals surface area contributed by atoms with Gasteiger partial charge in [-0.1, -0.05) is 24.3 Å². The second-order valence-electron chi connectivity index (χ2n) is 7.61. The Labute approximate surface area is 180 Å². The zero-order chi connectivity index (χ0) is 21.8. The van der Waals surface area contributed by atoms with Gasteiger partial charge >= 0.3 is 0 Å². The quantitative estimate of drug-likeness (QED) is 0.638. The fourth-order valence-corrected chi connectivity index (χ4v) is 3.64. The summed E-state index contributed by atoms with van der Waals surface area (Å²) in [5, 5.41) is 5.69. The lowest BCUT2D eigenvalue weighted by molar-refractivity contribution is -0.128. The highest BCUT2D eigenvalue weighted by Gasteiger charge is 2.35. The van der Waals surface area contributed by atoms with Crippen molar-refractivity contribution in [1.29, 1.82) is 0 Å². The molecule has 0 bridgehead atoms. The van der Waals surface area contributed by atoms with Gasteiger partial charge < -0.3 is 20.0 Å². The molecule has 0 radical (unpaired) electrons. The molecule has 0 saturated carbocycles. The first kappa shape index (κ1) is 20.4. The van der Waals surface area contributed by atoms with Crippen LogP contribution in [0.3, 0.4) is 0 Å². The van der Waals surface area contributed by atoms with Crippen molar-refractivity contribution in [3.63, 3.8) is 0 Å². The number of furan rings is 1. The van der Waals surface area contributed by atoms with Gasteiger partial charge in [-0.3, -0.25) is 14.4 Å². The van der Waals surface area contributed by atoms with Crippen LogP contribution in [0.1, 0.15) is 28.1 Å². The summed E-state index contributed by atoms with van der Waals surface area (Å²) in [5.74, 6) is -0.514. The topological polar surface area (TPSA) is 91.7 Å². The maximum absolute atomic E-state index is 12.8. The highest BCUT2D eigenvalue weighted by molar-refractivity contribution is 6.10. The Kier molecular flexibility index (Phi) is 5.84. The van der Waals surface area contributed by atoms with Gasteiger partial charge in [0.15, 0.2) is 0 Å². The van der Waals surface area contributed by atoms with Crippen molar-refractivity contribution in [2.75, 3.05) is 17.2 Å². The first-order chi connectivity index (χ1) is 15.0. The molecule has 1 aliphatic rings. The van der Waals surface area contributed by atoms with Crippen LogP contribution in [0.25, 0.3) is 0 Å². The number of para-hydroxylation sites is 1. The molecule has 2 aromatic carbocycles. The van der Waals surface area contributed by atoms with E-state index < -0.39 is 5.92 Å². The Hall–Kier alpha value is -3.87. The predicted octanol–water partition coefficient (Wildman–Crippen LogP) is 3.83. The van der Waals surface area contributed by atoms with Gasteiger partial charge in [-0.2, -0.15) is 0 Å². The number of nitrogens with zero attached hydrogens (tertiary/aromatic N) is 1. The van der Waals surface area contributed by atoms with E-state index in [1.165, 1.54) is 0 Å². The second-order valence-corrected chi connectivity index (χ2v) is 7.61. The summed E-state index contributed by atoms with van der Waals surface area (Å²) in [4.78, 5) is 39.6. The van der Waals surface area contributed by atoms with Crippen molar-refractivity contribution < 1.29 is 18.8 Å². The van der Waals surface area contributed by atoms with Crippen molar-refractivity contribution >= 4 is 29.1 Å². The number of likely N-dealkylation sites (tertiary alicyclic amines) is 1. The number of rotatable bonds is 6. The van der Waals surface area contributed by atoms with Crippen molar-refractivity contribution in [3.8, 4) is 0 Å². The van der Waals surface area contributed by atoms with Crippen LogP contribution in [0.4, 0.5) is 11.4 Å². The van der Waals surface area contributed by atoms with Crippen LogP contribution in [0.2, 0.25) is 0 Å². The third kappa shape index (κ3) is 4.83. The molecule has 7 nitrogen and oxygen atoms in total. The van der Waals surface area contributed by atoms with Crippen molar-refractivity contribution in [3.05, 3.63) is 83.8 Å². The lowest BCUT2D eigenvalue weighted by Gasteiger charge is -2.16. The number of aryl methyl sites for hydroxylation is 1. The Balaban J connectivity index is 1.43. The van der Waals surface area contributed by atoms with Gasteiger partial charge in [0.2, 0.25) is 11.8 Å². The molecule has 3 aromatic rings. The molecule has 7 heteroatoms. The van der Waals surface area contributed by atoms with Gasteiger partial charge in [0.1, 0.15) is 5.76 Å². The maximum atomic E-state index is 12.8. The predicted molar refractivity (Wildman–Crippen MR) is 116 cm³/mol. The lowest BCUT2D eigenvalue weighted by Crippen LogP contribution is -2.28. The van der Waals surface area contributed by atoms with E-state index in [0.29, 0.717) is 35.8 Å². The smallest absolute Gasteiger partial charge is 0.257 e. The number of hydrogen-bond acceptors (Lipinski definition) is 4. The van der Waals surface area contributed by atoms with Gasteiger partial charge in [0.25, 0.3) is 5.91 Å². The van der Waals surface area contributed by atoms with Crippen LogP contribution in [0, 0.1) is 12.8 Å². The maximum Gasteiger partial charge on any atom is 0.257 e. The van der Waals surface area contributed by atoms with Crippen molar-refractivity contribution in [2.24, 2.45) is 5.92 Å². The Morgan fingerprint density at radius 3 is 2.68 bits per heavy atom. The first-order valence-electron chi connectivity index (χ1n) is 10.1. The highest BCUT2D eigenvalue weighted by Crippen LogP contribution is 2.24. The SMILES string of the molecule is Cc1cccc(NC(=O)c2ccccc2NC(=O)C2CC(=O)N(Cc3ccco3)C2)c1. The molecule has 1 aromatic heterocycles. The fourth-order valence-electron chi connectivity index (χ4n) is 3.64. The van der Waals surface area contributed by atoms with Gasteiger partial charge in [0, 0.05) is 18.7 Å². The van der Waals surface area contributed by atoms with Gasteiger partial charge in [0.05, 0.1) is 30.0 Å². The molecular formula is C24H23N3O4. The van der Waals surface area contributed by atoms with Crippen LogP contribution in [-0.2, 0) is 16.1 Å². The summed E-state index contributed by atoms with van der Waals surface area (Å²) in [6.45, 7) is 2.59. The van der Waals surface area contributed by atoms with E-state index in [0.717, 1.165) is 5.56 Å². The van der Waals surface area contributed by atoms with Crippen LogP contribution >= 0.6 is 0 Å². The number of carbonyl (C=O) groups is 3. The first-order valence-corrected chi connectivity index (χ1v) is 10.1. The Bertz CT molecular complexity index is 1110. The average molecular weight is 417 g/mol. The molecule has 1 saturated heterocycles. The normalized spacial score (nSPS) is 15.7. The monoisotopic (exact) mass is 417 g/mol. The summed E-state index contributed by atoms with van der Waals surface area (Å²) in [6, 6.07) is 17.9. The fraction of sp³-hybridized carbons (Fsp3) is 0.208. The molecule has 2 N–H and O–H groups in total. The molecule has 4 rings (SSSR count). The van der Waals surface area contributed by atoms with Gasteiger partial charge in [-0.25, -0.2) is 0 Å².